The maximum Gasteiger partial charge on any atom is 0.254 e. The lowest BCUT2D eigenvalue weighted by Crippen LogP contribution is -2.43. The van der Waals surface area contributed by atoms with Crippen molar-refractivity contribution >= 4 is 50.5 Å². The summed E-state index contributed by atoms with van der Waals surface area (Å²) >= 11 is 13.3. The average Bonchev–Trinajstić information content (AvgIpc) is 3.33. The summed E-state index contributed by atoms with van der Waals surface area (Å²) in [6, 6.07) is 4.10. The van der Waals surface area contributed by atoms with E-state index < -0.39 is 15.9 Å². The van der Waals surface area contributed by atoms with Crippen LogP contribution in [-0.2, 0) is 16.4 Å². The Morgan fingerprint density at radius 2 is 2.00 bits per heavy atom. The molecule has 1 unspecified atom stereocenters. The highest BCUT2D eigenvalue weighted by molar-refractivity contribution is 7.90. The van der Waals surface area contributed by atoms with Gasteiger partial charge in [-0.25, -0.2) is 13.4 Å². The Balaban J connectivity index is 1.72. The van der Waals surface area contributed by atoms with Gasteiger partial charge in [-0.1, -0.05) is 23.2 Å². The van der Waals surface area contributed by atoms with Crippen molar-refractivity contribution in [1.29, 1.82) is 0 Å². The Hall–Kier alpha value is -2.08. The smallest absolute Gasteiger partial charge is 0.254 e. The molecule has 0 fully saturated rings. The number of amides is 1. The predicted octanol–water partition coefficient (Wildman–Crippen LogP) is 3.04. The molecule has 9 nitrogen and oxygen atoms in total. The fourth-order valence-corrected chi connectivity index (χ4v) is 5.09. The summed E-state index contributed by atoms with van der Waals surface area (Å²) in [6.45, 7) is 2.59. The van der Waals surface area contributed by atoms with Gasteiger partial charge in [0, 0.05) is 24.9 Å². The molecule has 3 heterocycles. The standard InChI is InChI=1S/C18H18Cl2N6O3S2/c1-10-21-17(30-24-10)16-23-22-15-14(5-8-31(2,28)29)25(6-7-26(15)16)18(27)11-3-4-12(19)13(20)9-11/h3-4,9,14H,5-8H2,1-2H3. The van der Waals surface area contributed by atoms with E-state index in [9.17, 15) is 13.2 Å². The Bertz CT molecular complexity index is 1260. The molecule has 0 radical (unpaired) electrons. The van der Waals surface area contributed by atoms with Gasteiger partial charge in [0.2, 0.25) is 0 Å². The van der Waals surface area contributed by atoms with Gasteiger partial charge < -0.3 is 9.47 Å². The van der Waals surface area contributed by atoms with Gasteiger partial charge in [0.05, 0.1) is 21.8 Å². The first-order valence-electron chi connectivity index (χ1n) is 9.31. The second-order valence-corrected chi connectivity index (χ2v) is 11.1. The molecule has 1 amide bonds. The maximum absolute atomic E-state index is 13.3. The number of carbonyl (C=O) groups excluding carboxylic acids is 1. The minimum Gasteiger partial charge on any atom is -0.327 e. The largest absolute Gasteiger partial charge is 0.327 e. The number of hydrogen-bond acceptors (Lipinski definition) is 8. The molecule has 0 aliphatic carbocycles. The van der Waals surface area contributed by atoms with Crippen molar-refractivity contribution in [2.75, 3.05) is 18.6 Å². The minimum absolute atomic E-state index is 0.0943. The van der Waals surface area contributed by atoms with E-state index in [1.165, 1.54) is 23.9 Å². The van der Waals surface area contributed by atoms with E-state index in [-0.39, 0.29) is 23.1 Å². The van der Waals surface area contributed by atoms with Crippen molar-refractivity contribution in [1.82, 2.24) is 29.0 Å². The predicted molar refractivity (Wildman–Crippen MR) is 118 cm³/mol. The first-order valence-corrected chi connectivity index (χ1v) is 12.9. The number of rotatable bonds is 5. The zero-order chi connectivity index (χ0) is 22.3. The monoisotopic (exact) mass is 500 g/mol. The molecule has 2 aromatic heterocycles. The first kappa shape index (κ1) is 22.1. The first-order chi connectivity index (χ1) is 14.6. The third-order valence-corrected chi connectivity index (χ3v) is 7.45. The van der Waals surface area contributed by atoms with E-state index in [2.05, 4.69) is 19.6 Å². The molecule has 0 bridgehead atoms. The van der Waals surface area contributed by atoms with E-state index in [4.69, 9.17) is 23.2 Å². The zero-order valence-electron chi connectivity index (χ0n) is 16.6. The number of aryl methyl sites for hydroxylation is 1. The van der Waals surface area contributed by atoms with Gasteiger partial charge in [0.1, 0.15) is 15.7 Å². The van der Waals surface area contributed by atoms with Crippen LogP contribution in [-0.4, -0.2) is 61.9 Å². The summed E-state index contributed by atoms with van der Waals surface area (Å²) in [4.78, 5) is 19.3. The molecule has 0 saturated carbocycles. The van der Waals surface area contributed by atoms with Crippen LogP contribution < -0.4 is 0 Å². The summed E-state index contributed by atoms with van der Waals surface area (Å²) in [7, 11) is -3.25. The topological polar surface area (TPSA) is 111 Å². The SMILES string of the molecule is Cc1nsc(-c2nnc3n2CCN(C(=O)c2ccc(Cl)c(Cl)c2)C3CCS(C)(=O)=O)n1. The lowest BCUT2D eigenvalue weighted by Gasteiger charge is -2.36. The van der Waals surface area contributed by atoms with Gasteiger partial charge in [-0.05, 0) is 43.1 Å². The molecule has 1 aromatic carbocycles. The highest BCUT2D eigenvalue weighted by atomic mass is 35.5. The summed E-state index contributed by atoms with van der Waals surface area (Å²) in [5, 5.41) is 9.81. The Morgan fingerprint density at radius 3 is 2.65 bits per heavy atom. The summed E-state index contributed by atoms with van der Waals surface area (Å²) in [5.74, 6) is 1.35. The zero-order valence-corrected chi connectivity index (χ0v) is 19.8. The number of hydrogen-bond donors (Lipinski definition) is 0. The van der Waals surface area contributed by atoms with E-state index in [1.807, 2.05) is 4.57 Å². The molecular formula is C18H18Cl2N6O3S2. The third kappa shape index (κ3) is 4.59. The van der Waals surface area contributed by atoms with Crippen molar-refractivity contribution in [3.8, 4) is 10.8 Å². The van der Waals surface area contributed by atoms with Crippen molar-refractivity contribution < 1.29 is 13.2 Å². The molecule has 0 spiro atoms. The summed E-state index contributed by atoms with van der Waals surface area (Å²) < 4.78 is 29.8. The molecule has 31 heavy (non-hydrogen) atoms. The van der Waals surface area contributed by atoms with Crippen LogP contribution in [0.25, 0.3) is 10.8 Å². The van der Waals surface area contributed by atoms with Crippen molar-refractivity contribution in [3.05, 3.63) is 45.5 Å². The van der Waals surface area contributed by atoms with E-state index in [0.717, 1.165) is 0 Å². The van der Waals surface area contributed by atoms with Crippen LogP contribution in [0, 0.1) is 6.92 Å². The lowest BCUT2D eigenvalue weighted by atomic mass is 10.1. The van der Waals surface area contributed by atoms with Crippen molar-refractivity contribution in [2.45, 2.75) is 25.9 Å². The van der Waals surface area contributed by atoms with Crippen LogP contribution in [0.3, 0.4) is 0 Å². The van der Waals surface area contributed by atoms with Gasteiger partial charge in [-0.2, -0.15) is 4.37 Å². The van der Waals surface area contributed by atoms with Gasteiger partial charge in [0.25, 0.3) is 5.91 Å². The summed E-state index contributed by atoms with van der Waals surface area (Å²) in [6.07, 6.45) is 1.36. The number of nitrogens with zero attached hydrogens (tertiary/aromatic N) is 6. The van der Waals surface area contributed by atoms with Gasteiger partial charge >= 0.3 is 0 Å². The van der Waals surface area contributed by atoms with Crippen LogP contribution in [0.4, 0.5) is 0 Å². The second-order valence-electron chi connectivity index (χ2n) is 7.24. The van der Waals surface area contributed by atoms with Crippen LogP contribution in [0.15, 0.2) is 18.2 Å². The second kappa shape index (κ2) is 8.45. The molecule has 1 aliphatic heterocycles. The number of aromatic nitrogens is 5. The van der Waals surface area contributed by atoms with E-state index in [0.29, 0.717) is 46.2 Å². The number of fused-ring (bicyclic) bond motifs is 1. The normalized spacial score (nSPS) is 16.4. The van der Waals surface area contributed by atoms with Gasteiger partial charge in [-0.15, -0.1) is 10.2 Å². The van der Waals surface area contributed by atoms with Crippen LogP contribution in [0.1, 0.15) is 34.5 Å². The number of halogens is 2. The van der Waals surface area contributed by atoms with Crippen LogP contribution >= 0.6 is 34.7 Å². The molecule has 13 heteroatoms. The lowest BCUT2D eigenvalue weighted by molar-refractivity contribution is 0.0612. The molecule has 3 aromatic rings. The molecule has 1 aliphatic rings. The number of sulfone groups is 1. The fourth-order valence-electron chi connectivity index (χ4n) is 3.48. The minimum atomic E-state index is -3.25. The summed E-state index contributed by atoms with van der Waals surface area (Å²) in [5.41, 5.74) is 0.367. The van der Waals surface area contributed by atoms with Gasteiger partial charge in [0.15, 0.2) is 16.7 Å². The molecule has 164 valence electrons. The molecule has 0 N–H and O–H groups in total. The maximum atomic E-state index is 13.3. The highest BCUT2D eigenvalue weighted by Crippen LogP contribution is 2.33. The number of carbonyl (C=O) groups is 1. The quantitative estimate of drug-likeness (QED) is 0.528. The van der Waals surface area contributed by atoms with Crippen molar-refractivity contribution in [3.63, 3.8) is 0 Å². The molecular weight excluding hydrogens is 483 g/mol. The number of benzene rings is 1. The van der Waals surface area contributed by atoms with Crippen molar-refractivity contribution in [2.24, 2.45) is 0 Å². The molecule has 0 saturated heterocycles. The van der Waals surface area contributed by atoms with Gasteiger partial charge in [-0.3, -0.25) is 4.79 Å². The van der Waals surface area contributed by atoms with E-state index in [1.54, 1.807) is 24.0 Å². The van der Waals surface area contributed by atoms with Crippen LogP contribution in [0.2, 0.25) is 10.0 Å². The third-order valence-electron chi connectivity index (χ3n) is 4.93. The fraction of sp³-hybridized carbons (Fsp3) is 0.389. The average molecular weight is 501 g/mol. The van der Waals surface area contributed by atoms with E-state index >= 15 is 0 Å². The van der Waals surface area contributed by atoms with Crippen LogP contribution in [0.5, 0.6) is 0 Å². The Kier molecular flexibility index (Phi) is 6.03. The Morgan fingerprint density at radius 1 is 1.23 bits per heavy atom. The highest BCUT2D eigenvalue weighted by Gasteiger charge is 2.36. The molecule has 1 atom stereocenters. The molecule has 4 rings (SSSR count). The Labute approximate surface area is 193 Å².